The minimum atomic E-state index is 0. The zero-order chi connectivity index (χ0) is 11.5. The minimum Gasteiger partial charge on any atom is -0.316 e. The van der Waals surface area contributed by atoms with E-state index in [0.717, 1.165) is 18.8 Å². The second kappa shape index (κ2) is 7.56. The summed E-state index contributed by atoms with van der Waals surface area (Å²) in [6.45, 7) is 5.76. The van der Waals surface area contributed by atoms with Crippen molar-refractivity contribution < 1.29 is 4.79 Å². The number of anilines is 1. The molecular weight excluding hydrogens is 273 g/mol. The minimum absolute atomic E-state index is 0. The fourth-order valence-corrected chi connectivity index (χ4v) is 1.73. The lowest BCUT2D eigenvalue weighted by molar-refractivity contribution is -0.121. The predicted molar refractivity (Wildman–Crippen MR) is 77.6 cm³/mol. The molecule has 1 aromatic rings. The van der Waals surface area contributed by atoms with Gasteiger partial charge in [-0.1, -0.05) is 13.0 Å². The van der Waals surface area contributed by atoms with Crippen molar-refractivity contribution in [3.8, 4) is 0 Å². The molecule has 1 aliphatic heterocycles. The van der Waals surface area contributed by atoms with Crippen LogP contribution in [0.3, 0.4) is 0 Å². The van der Waals surface area contributed by atoms with Gasteiger partial charge < -0.3 is 10.6 Å². The average Bonchev–Trinajstić information content (AvgIpc) is 2.14. The van der Waals surface area contributed by atoms with Crippen LogP contribution in [0.1, 0.15) is 12.6 Å². The molecule has 6 heteroatoms. The third-order valence-corrected chi connectivity index (χ3v) is 3.07. The third kappa shape index (κ3) is 4.12. The van der Waals surface area contributed by atoms with E-state index in [2.05, 4.69) is 15.6 Å². The van der Waals surface area contributed by atoms with E-state index in [0.29, 0.717) is 11.7 Å². The number of nitrogens with zero attached hydrogens (tertiary/aromatic N) is 1. The van der Waals surface area contributed by atoms with Gasteiger partial charge in [0.25, 0.3) is 0 Å². The zero-order valence-electron chi connectivity index (χ0n) is 10.5. The highest BCUT2D eigenvalue weighted by molar-refractivity contribution is 5.91. The van der Waals surface area contributed by atoms with E-state index in [4.69, 9.17) is 0 Å². The van der Waals surface area contributed by atoms with Crippen molar-refractivity contribution in [1.29, 1.82) is 0 Å². The van der Waals surface area contributed by atoms with Gasteiger partial charge in [-0.25, -0.2) is 4.98 Å². The summed E-state index contributed by atoms with van der Waals surface area (Å²) in [6, 6.07) is 5.62. The average molecular weight is 292 g/mol. The van der Waals surface area contributed by atoms with Crippen LogP contribution >= 0.6 is 24.8 Å². The fraction of sp³-hybridized carbons (Fsp3) is 0.500. The topological polar surface area (TPSA) is 54.0 Å². The molecule has 1 amide bonds. The number of carbonyl (C=O) groups excluding carboxylic acids is 1. The SMILES string of the molecule is Cc1cccc(NC(=O)C(C)C2CNC2)n1.Cl.Cl. The second-order valence-electron chi connectivity index (χ2n) is 4.36. The van der Waals surface area contributed by atoms with Crippen molar-refractivity contribution >= 4 is 36.5 Å². The maximum absolute atomic E-state index is 11.9. The number of aromatic nitrogens is 1. The molecule has 0 aromatic carbocycles. The summed E-state index contributed by atoms with van der Waals surface area (Å²) < 4.78 is 0. The van der Waals surface area contributed by atoms with Crippen LogP contribution in [0.4, 0.5) is 5.82 Å². The molecule has 0 spiro atoms. The van der Waals surface area contributed by atoms with Crippen LogP contribution in [0.2, 0.25) is 0 Å². The molecule has 1 fully saturated rings. The first-order valence-corrected chi connectivity index (χ1v) is 5.62. The van der Waals surface area contributed by atoms with Crippen LogP contribution in [-0.2, 0) is 4.79 Å². The van der Waals surface area contributed by atoms with Crippen LogP contribution in [0.25, 0.3) is 0 Å². The fourth-order valence-electron chi connectivity index (χ4n) is 1.73. The molecule has 1 aromatic heterocycles. The van der Waals surface area contributed by atoms with Gasteiger partial charge >= 0.3 is 0 Å². The molecule has 2 N–H and O–H groups in total. The van der Waals surface area contributed by atoms with Crippen molar-refractivity contribution in [3.05, 3.63) is 23.9 Å². The molecule has 0 saturated carbocycles. The smallest absolute Gasteiger partial charge is 0.228 e. The van der Waals surface area contributed by atoms with E-state index < -0.39 is 0 Å². The summed E-state index contributed by atoms with van der Waals surface area (Å²) in [5.74, 6) is 1.21. The molecule has 0 aliphatic carbocycles. The number of amides is 1. The summed E-state index contributed by atoms with van der Waals surface area (Å²) in [6.07, 6.45) is 0. The molecule has 1 saturated heterocycles. The Morgan fingerprint density at radius 2 is 2.11 bits per heavy atom. The van der Waals surface area contributed by atoms with Crippen molar-refractivity contribution in [2.24, 2.45) is 11.8 Å². The Hall–Kier alpha value is -0.840. The molecule has 4 nitrogen and oxygen atoms in total. The van der Waals surface area contributed by atoms with Gasteiger partial charge in [-0.3, -0.25) is 4.79 Å². The summed E-state index contributed by atoms with van der Waals surface area (Å²) >= 11 is 0. The number of carbonyl (C=O) groups is 1. The maximum atomic E-state index is 11.9. The van der Waals surface area contributed by atoms with E-state index in [9.17, 15) is 4.79 Å². The first-order chi connectivity index (χ1) is 7.66. The van der Waals surface area contributed by atoms with Gasteiger partial charge in [0.2, 0.25) is 5.91 Å². The van der Waals surface area contributed by atoms with E-state index in [1.54, 1.807) is 0 Å². The summed E-state index contributed by atoms with van der Waals surface area (Å²) in [4.78, 5) is 16.1. The van der Waals surface area contributed by atoms with E-state index in [1.165, 1.54) is 0 Å². The Bertz CT molecular complexity index is 397. The number of hydrogen-bond donors (Lipinski definition) is 2. The Kier molecular flexibility index (Phi) is 7.21. The highest BCUT2D eigenvalue weighted by Crippen LogP contribution is 2.17. The number of rotatable bonds is 3. The standard InChI is InChI=1S/C12H17N3O.2ClH/c1-8-4-3-5-11(14-8)15-12(16)9(2)10-6-13-7-10;;/h3-5,9-10,13H,6-7H2,1-2H3,(H,14,15,16);2*1H. The molecule has 2 rings (SSSR count). The molecule has 1 unspecified atom stereocenters. The first kappa shape index (κ1) is 17.2. The van der Waals surface area contributed by atoms with Crippen LogP contribution in [0.5, 0.6) is 0 Å². The summed E-state index contributed by atoms with van der Waals surface area (Å²) in [5, 5.41) is 6.03. The van der Waals surface area contributed by atoms with Gasteiger partial charge in [-0.2, -0.15) is 0 Å². The molecule has 2 heterocycles. The Morgan fingerprint density at radius 3 is 2.61 bits per heavy atom. The molecule has 102 valence electrons. The van der Waals surface area contributed by atoms with Crippen LogP contribution in [0, 0.1) is 18.8 Å². The lowest BCUT2D eigenvalue weighted by Crippen LogP contribution is -2.48. The molecular formula is C12H19Cl2N3O. The number of aryl methyl sites for hydroxylation is 1. The lowest BCUT2D eigenvalue weighted by atomic mass is 9.88. The molecule has 1 aliphatic rings. The Morgan fingerprint density at radius 1 is 1.44 bits per heavy atom. The number of hydrogen-bond acceptors (Lipinski definition) is 3. The molecule has 18 heavy (non-hydrogen) atoms. The molecule has 0 bridgehead atoms. The van der Waals surface area contributed by atoms with Crippen molar-refractivity contribution in [1.82, 2.24) is 10.3 Å². The van der Waals surface area contributed by atoms with Gasteiger partial charge in [0.1, 0.15) is 5.82 Å². The Labute approximate surface area is 120 Å². The van der Waals surface area contributed by atoms with Gasteiger partial charge in [-0.15, -0.1) is 24.8 Å². The summed E-state index contributed by atoms with van der Waals surface area (Å²) in [5.41, 5.74) is 0.913. The third-order valence-electron chi connectivity index (χ3n) is 3.07. The number of pyridine rings is 1. The highest BCUT2D eigenvalue weighted by Gasteiger charge is 2.28. The van der Waals surface area contributed by atoms with Crippen LogP contribution in [0.15, 0.2) is 18.2 Å². The lowest BCUT2D eigenvalue weighted by Gasteiger charge is -2.31. The van der Waals surface area contributed by atoms with Gasteiger partial charge in [0, 0.05) is 11.6 Å². The monoisotopic (exact) mass is 291 g/mol. The first-order valence-electron chi connectivity index (χ1n) is 5.62. The van der Waals surface area contributed by atoms with Gasteiger partial charge in [0.05, 0.1) is 0 Å². The second-order valence-corrected chi connectivity index (χ2v) is 4.36. The van der Waals surface area contributed by atoms with E-state index in [1.807, 2.05) is 32.0 Å². The van der Waals surface area contributed by atoms with Gasteiger partial charge in [0.15, 0.2) is 0 Å². The van der Waals surface area contributed by atoms with Crippen LogP contribution in [-0.4, -0.2) is 24.0 Å². The largest absolute Gasteiger partial charge is 0.316 e. The maximum Gasteiger partial charge on any atom is 0.228 e. The molecule has 0 radical (unpaired) electrons. The number of nitrogens with one attached hydrogen (secondary N) is 2. The normalized spacial score (nSPS) is 15.7. The van der Waals surface area contributed by atoms with Crippen molar-refractivity contribution in [2.75, 3.05) is 18.4 Å². The van der Waals surface area contributed by atoms with Gasteiger partial charge in [-0.05, 0) is 38.1 Å². The Balaban J connectivity index is 0.00000144. The molecule has 1 atom stereocenters. The van der Waals surface area contributed by atoms with Crippen molar-refractivity contribution in [2.45, 2.75) is 13.8 Å². The summed E-state index contributed by atoms with van der Waals surface area (Å²) in [7, 11) is 0. The predicted octanol–water partition coefficient (Wildman–Crippen LogP) is 2.03. The van der Waals surface area contributed by atoms with E-state index >= 15 is 0 Å². The van der Waals surface area contributed by atoms with E-state index in [-0.39, 0.29) is 36.6 Å². The quantitative estimate of drug-likeness (QED) is 0.896. The highest BCUT2D eigenvalue weighted by atomic mass is 35.5. The number of halogens is 2. The van der Waals surface area contributed by atoms with Crippen LogP contribution < -0.4 is 10.6 Å². The van der Waals surface area contributed by atoms with Crippen molar-refractivity contribution in [3.63, 3.8) is 0 Å². The zero-order valence-corrected chi connectivity index (χ0v) is 12.1.